The van der Waals surface area contributed by atoms with Gasteiger partial charge in [0.25, 0.3) is 5.91 Å². The van der Waals surface area contributed by atoms with Gasteiger partial charge in [0.2, 0.25) is 0 Å². The van der Waals surface area contributed by atoms with E-state index in [4.69, 9.17) is 17.0 Å². The van der Waals surface area contributed by atoms with Gasteiger partial charge in [-0.25, -0.2) is 14.0 Å². The molecule has 2 heterocycles. The average molecular weight is 528 g/mol. The summed E-state index contributed by atoms with van der Waals surface area (Å²) < 4.78 is 18.7. The fourth-order valence-corrected chi connectivity index (χ4v) is 5.20. The maximum atomic E-state index is 13.4. The minimum atomic E-state index is -1.13. The number of carbonyl (C=O) groups is 3. The van der Waals surface area contributed by atoms with Crippen molar-refractivity contribution in [2.24, 2.45) is 5.10 Å². The number of carbonyl (C=O) groups excluding carboxylic acids is 2. The van der Waals surface area contributed by atoms with Gasteiger partial charge in [0.15, 0.2) is 6.04 Å². The Kier molecular flexibility index (Phi) is 7.80. The molecule has 2 aliphatic heterocycles. The Labute approximate surface area is 216 Å². The summed E-state index contributed by atoms with van der Waals surface area (Å²) in [5, 5.41) is 15.3. The van der Waals surface area contributed by atoms with E-state index in [1.165, 1.54) is 40.4 Å². The van der Waals surface area contributed by atoms with Gasteiger partial charge in [-0.2, -0.15) is 5.10 Å². The molecule has 0 unspecified atom stereocenters. The third kappa shape index (κ3) is 5.47. The van der Waals surface area contributed by atoms with Gasteiger partial charge in [-0.15, -0.1) is 0 Å². The second kappa shape index (κ2) is 11.0. The Morgan fingerprint density at radius 3 is 2.58 bits per heavy atom. The first kappa shape index (κ1) is 25.5. The number of amides is 1. The van der Waals surface area contributed by atoms with Crippen molar-refractivity contribution in [1.29, 1.82) is 0 Å². The lowest BCUT2D eigenvalue weighted by atomic mass is 10.0. The number of ether oxygens (including phenoxy) is 1. The fourth-order valence-electron chi connectivity index (χ4n) is 3.88. The fraction of sp³-hybridized carbons (Fsp3) is 0.240. The third-order valence-corrected chi connectivity index (χ3v) is 6.94. The molecule has 2 aromatic rings. The molecule has 0 saturated carbocycles. The molecule has 0 spiro atoms. The summed E-state index contributed by atoms with van der Waals surface area (Å²) in [7, 11) is 0. The molecule has 36 heavy (non-hydrogen) atoms. The van der Waals surface area contributed by atoms with Gasteiger partial charge in [0.1, 0.15) is 16.2 Å². The number of nitrogens with zero attached hydrogens (tertiary/aromatic N) is 3. The van der Waals surface area contributed by atoms with Crippen LogP contribution in [-0.4, -0.2) is 61.6 Å². The van der Waals surface area contributed by atoms with E-state index in [9.17, 15) is 23.9 Å². The molecule has 1 N–H and O–H groups in total. The highest BCUT2D eigenvalue weighted by Gasteiger charge is 2.42. The summed E-state index contributed by atoms with van der Waals surface area (Å²) in [6, 6.07) is 12.7. The van der Waals surface area contributed by atoms with E-state index in [2.05, 4.69) is 5.10 Å². The summed E-state index contributed by atoms with van der Waals surface area (Å²) in [5.74, 6) is -2.66. The molecule has 0 aromatic heterocycles. The van der Waals surface area contributed by atoms with Gasteiger partial charge >= 0.3 is 11.9 Å². The van der Waals surface area contributed by atoms with E-state index in [1.807, 2.05) is 30.3 Å². The van der Waals surface area contributed by atoms with Crippen molar-refractivity contribution < 1.29 is 28.6 Å². The van der Waals surface area contributed by atoms with E-state index < -0.39 is 35.7 Å². The molecule has 4 rings (SSSR count). The number of hydrazone groups is 1. The Bertz CT molecular complexity index is 1250. The summed E-state index contributed by atoms with van der Waals surface area (Å²) in [6.07, 6.45) is 1.60. The van der Waals surface area contributed by atoms with Gasteiger partial charge in [-0.3, -0.25) is 14.7 Å². The van der Waals surface area contributed by atoms with Crippen LogP contribution < -0.4 is 0 Å². The van der Waals surface area contributed by atoms with Crippen molar-refractivity contribution in [1.82, 2.24) is 9.91 Å². The van der Waals surface area contributed by atoms with Crippen molar-refractivity contribution in [2.75, 3.05) is 6.61 Å². The first-order valence-corrected chi connectivity index (χ1v) is 12.3. The molecule has 2 atom stereocenters. The normalized spacial score (nSPS) is 19.6. The predicted molar refractivity (Wildman–Crippen MR) is 137 cm³/mol. The van der Waals surface area contributed by atoms with E-state index in [-0.39, 0.29) is 28.7 Å². The number of carboxylic acid groups (broad SMARTS) is 1. The van der Waals surface area contributed by atoms with E-state index in [1.54, 1.807) is 6.92 Å². The number of thioether (sulfide) groups is 1. The Hall–Kier alpha value is -3.57. The highest BCUT2D eigenvalue weighted by atomic mass is 32.2. The van der Waals surface area contributed by atoms with Crippen LogP contribution in [0.5, 0.6) is 0 Å². The highest BCUT2D eigenvalue weighted by Crippen LogP contribution is 2.35. The number of benzene rings is 2. The van der Waals surface area contributed by atoms with Crippen LogP contribution in [0.25, 0.3) is 0 Å². The molecule has 0 aliphatic carbocycles. The van der Waals surface area contributed by atoms with Crippen molar-refractivity contribution in [2.45, 2.75) is 31.8 Å². The predicted octanol–water partition coefficient (Wildman–Crippen LogP) is 3.56. The Morgan fingerprint density at radius 1 is 1.25 bits per heavy atom. The first-order valence-electron chi connectivity index (χ1n) is 11.1. The molecule has 0 radical (unpaired) electrons. The van der Waals surface area contributed by atoms with Gasteiger partial charge in [-0.05, 0) is 30.2 Å². The molecular weight excluding hydrogens is 505 g/mol. The van der Waals surface area contributed by atoms with E-state index in [0.29, 0.717) is 11.3 Å². The standard InChI is InChI=1S/C25H22FN3O5S2/c1-2-34-24(33)20(12-15-6-4-3-5-7-15)29-22(30)21(36-25(29)35)14-28-19(23(31)32)13-18(27-28)16-8-10-17(26)11-9-16/h3-11,14,19-20H,2,12-13H2,1H3,(H,31,32)/b21-14-/t19-,20+/m1/s1. The summed E-state index contributed by atoms with van der Waals surface area (Å²) in [4.78, 5) is 39.4. The molecule has 1 fully saturated rings. The molecule has 0 bridgehead atoms. The number of hydrogen-bond donors (Lipinski definition) is 1. The van der Waals surface area contributed by atoms with E-state index in [0.717, 1.165) is 17.3 Å². The molecule has 1 amide bonds. The van der Waals surface area contributed by atoms with Crippen LogP contribution in [0.3, 0.4) is 0 Å². The van der Waals surface area contributed by atoms with Crippen LogP contribution in [-0.2, 0) is 25.5 Å². The number of carboxylic acids is 1. The zero-order valence-electron chi connectivity index (χ0n) is 19.2. The van der Waals surface area contributed by atoms with Crippen LogP contribution in [0, 0.1) is 5.82 Å². The minimum absolute atomic E-state index is 0.0667. The molecule has 11 heteroatoms. The lowest BCUT2D eigenvalue weighted by Gasteiger charge is -2.25. The SMILES string of the molecule is CCOC(=O)[C@H](Cc1ccccc1)N1C(=O)/C(=C/N2N=C(c3ccc(F)cc3)C[C@@H]2C(=O)O)SC1=S. The lowest BCUT2D eigenvalue weighted by Crippen LogP contribution is -2.46. The third-order valence-electron chi connectivity index (χ3n) is 5.62. The van der Waals surface area contributed by atoms with Crippen molar-refractivity contribution in [3.63, 3.8) is 0 Å². The molecule has 2 aromatic carbocycles. The molecule has 1 saturated heterocycles. The topological polar surface area (TPSA) is 99.5 Å². The molecule has 2 aliphatic rings. The van der Waals surface area contributed by atoms with Gasteiger partial charge in [0, 0.05) is 19.0 Å². The monoisotopic (exact) mass is 527 g/mol. The summed E-state index contributed by atoms with van der Waals surface area (Å²) in [6.45, 7) is 1.82. The maximum Gasteiger partial charge on any atom is 0.329 e. The highest BCUT2D eigenvalue weighted by molar-refractivity contribution is 8.26. The number of rotatable bonds is 8. The van der Waals surface area contributed by atoms with Crippen LogP contribution >= 0.6 is 24.0 Å². The van der Waals surface area contributed by atoms with Crippen LogP contribution in [0.15, 0.2) is 70.8 Å². The molecule has 186 valence electrons. The Morgan fingerprint density at radius 2 is 1.94 bits per heavy atom. The molecular formula is C25H22FN3O5S2. The van der Waals surface area contributed by atoms with Gasteiger partial charge < -0.3 is 9.84 Å². The average Bonchev–Trinajstić information content (AvgIpc) is 3.40. The van der Waals surface area contributed by atoms with E-state index >= 15 is 0 Å². The summed E-state index contributed by atoms with van der Waals surface area (Å²) in [5.41, 5.74) is 1.85. The van der Waals surface area contributed by atoms with Crippen LogP contribution in [0.4, 0.5) is 4.39 Å². The summed E-state index contributed by atoms with van der Waals surface area (Å²) >= 11 is 6.40. The maximum absolute atomic E-state index is 13.4. The van der Waals surface area contributed by atoms with Crippen molar-refractivity contribution >= 4 is 51.9 Å². The zero-order valence-corrected chi connectivity index (χ0v) is 20.8. The number of aliphatic carboxylic acids is 1. The number of halogens is 1. The number of thiocarbonyl (C=S) groups is 1. The number of hydrogen-bond acceptors (Lipinski definition) is 8. The van der Waals surface area contributed by atoms with Crippen molar-refractivity contribution in [3.05, 3.63) is 82.6 Å². The number of esters is 1. The minimum Gasteiger partial charge on any atom is -0.480 e. The van der Waals surface area contributed by atoms with Crippen molar-refractivity contribution in [3.8, 4) is 0 Å². The second-order valence-electron chi connectivity index (χ2n) is 7.99. The van der Waals surface area contributed by atoms with Crippen LogP contribution in [0.2, 0.25) is 0 Å². The van der Waals surface area contributed by atoms with Crippen LogP contribution in [0.1, 0.15) is 24.5 Å². The second-order valence-corrected chi connectivity index (χ2v) is 9.66. The smallest absolute Gasteiger partial charge is 0.329 e. The zero-order chi connectivity index (χ0) is 25.8. The Balaban J connectivity index is 1.62. The van der Waals surface area contributed by atoms with Gasteiger partial charge in [0.05, 0.1) is 17.2 Å². The first-order chi connectivity index (χ1) is 17.3. The van der Waals surface area contributed by atoms with Gasteiger partial charge in [-0.1, -0.05) is 66.4 Å². The quantitative estimate of drug-likeness (QED) is 0.316. The molecule has 8 nitrogen and oxygen atoms in total. The largest absolute Gasteiger partial charge is 0.480 e. The lowest BCUT2D eigenvalue weighted by molar-refractivity contribution is -0.150.